The number of amides is 1. The van der Waals surface area contributed by atoms with Crippen LogP contribution in [-0.4, -0.2) is 10.9 Å². The second-order valence-corrected chi connectivity index (χ2v) is 4.77. The van der Waals surface area contributed by atoms with Crippen molar-refractivity contribution >= 4 is 34.8 Å². The van der Waals surface area contributed by atoms with E-state index in [4.69, 9.17) is 23.2 Å². The molecule has 0 saturated heterocycles. The van der Waals surface area contributed by atoms with Gasteiger partial charge in [-0.25, -0.2) is 0 Å². The smallest absolute Gasteiger partial charge is 0.321 e. The maximum absolute atomic E-state index is 12.4. The number of alkyl halides is 3. The molecule has 110 valence electrons. The van der Waals surface area contributed by atoms with Crippen LogP contribution < -0.4 is 5.32 Å². The molecule has 2 aromatic rings. The Morgan fingerprint density at radius 2 is 1.86 bits per heavy atom. The van der Waals surface area contributed by atoms with E-state index in [1.54, 1.807) is 12.1 Å². The second-order valence-electron chi connectivity index (χ2n) is 3.99. The monoisotopic (exact) mass is 334 g/mol. The van der Waals surface area contributed by atoms with Crippen molar-refractivity contribution in [2.45, 2.75) is 6.18 Å². The van der Waals surface area contributed by atoms with Crippen molar-refractivity contribution in [3.8, 4) is 0 Å². The van der Waals surface area contributed by atoms with Crippen molar-refractivity contribution in [3.63, 3.8) is 0 Å². The van der Waals surface area contributed by atoms with E-state index < -0.39 is 17.8 Å². The highest BCUT2D eigenvalue weighted by Gasteiger charge is 2.32. The summed E-state index contributed by atoms with van der Waals surface area (Å²) < 4.78 is 37.1. The predicted octanol–water partition coefficient (Wildman–Crippen LogP) is 4.66. The van der Waals surface area contributed by atoms with Gasteiger partial charge in [0, 0.05) is 6.20 Å². The van der Waals surface area contributed by atoms with Crippen molar-refractivity contribution in [2.75, 3.05) is 5.32 Å². The lowest BCUT2D eigenvalue weighted by Gasteiger charge is -2.09. The molecule has 8 heteroatoms. The molecule has 1 amide bonds. The van der Waals surface area contributed by atoms with E-state index >= 15 is 0 Å². The average Bonchev–Trinajstić information content (AvgIpc) is 2.43. The minimum Gasteiger partial charge on any atom is -0.321 e. The minimum absolute atomic E-state index is 0.0287. The third-order valence-electron chi connectivity index (χ3n) is 2.52. The van der Waals surface area contributed by atoms with Crippen LogP contribution in [0.2, 0.25) is 10.0 Å². The summed E-state index contributed by atoms with van der Waals surface area (Å²) in [5.41, 5.74) is -0.840. The SMILES string of the molecule is O=C(Nc1cccc(Cl)c1Cl)c1ccc(C(F)(F)F)nc1. The van der Waals surface area contributed by atoms with E-state index in [0.29, 0.717) is 0 Å². The lowest BCUT2D eigenvalue weighted by Crippen LogP contribution is -2.14. The molecule has 2 rings (SSSR count). The van der Waals surface area contributed by atoms with Crippen LogP contribution in [0.1, 0.15) is 16.1 Å². The van der Waals surface area contributed by atoms with Gasteiger partial charge in [-0.2, -0.15) is 13.2 Å². The topological polar surface area (TPSA) is 42.0 Å². The highest BCUT2D eigenvalue weighted by Crippen LogP contribution is 2.30. The summed E-state index contributed by atoms with van der Waals surface area (Å²) in [5, 5.41) is 2.84. The molecule has 0 saturated carbocycles. The maximum Gasteiger partial charge on any atom is 0.433 e. The molecular formula is C13H7Cl2F3N2O. The minimum atomic E-state index is -4.55. The molecular weight excluding hydrogens is 328 g/mol. The summed E-state index contributed by atoms with van der Waals surface area (Å²) in [7, 11) is 0. The number of halogens is 5. The Bertz CT molecular complexity index is 672. The molecule has 0 fully saturated rings. The van der Waals surface area contributed by atoms with Crippen LogP contribution in [0.5, 0.6) is 0 Å². The van der Waals surface area contributed by atoms with Gasteiger partial charge in [0.25, 0.3) is 5.91 Å². The molecule has 0 aliphatic heterocycles. The fourth-order valence-corrected chi connectivity index (χ4v) is 1.84. The number of hydrogen-bond acceptors (Lipinski definition) is 2. The lowest BCUT2D eigenvalue weighted by molar-refractivity contribution is -0.141. The van der Waals surface area contributed by atoms with Crippen LogP contribution in [0.25, 0.3) is 0 Å². The van der Waals surface area contributed by atoms with Crippen LogP contribution >= 0.6 is 23.2 Å². The molecule has 0 radical (unpaired) electrons. The van der Waals surface area contributed by atoms with Crippen molar-refractivity contribution < 1.29 is 18.0 Å². The van der Waals surface area contributed by atoms with Gasteiger partial charge in [-0.3, -0.25) is 9.78 Å². The summed E-state index contributed by atoms with van der Waals surface area (Å²) in [4.78, 5) is 15.1. The number of carbonyl (C=O) groups is 1. The predicted molar refractivity (Wildman–Crippen MR) is 73.7 cm³/mol. The van der Waals surface area contributed by atoms with Gasteiger partial charge in [-0.1, -0.05) is 29.3 Å². The molecule has 1 N–H and O–H groups in total. The Kier molecular flexibility index (Phi) is 4.39. The highest BCUT2D eigenvalue weighted by atomic mass is 35.5. The van der Waals surface area contributed by atoms with Crippen LogP contribution in [0.3, 0.4) is 0 Å². The van der Waals surface area contributed by atoms with Gasteiger partial charge in [-0.05, 0) is 24.3 Å². The molecule has 0 atom stereocenters. The van der Waals surface area contributed by atoms with Crippen molar-refractivity contribution in [1.29, 1.82) is 0 Å². The summed E-state index contributed by atoms with van der Waals surface area (Å²) in [6, 6.07) is 6.40. The van der Waals surface area contributed by atoms with Gasteiger partial charge < -0.3 is 5.32 Å². The Balaban J connectivity index is 2.19. The number of carbonyl (C=O) groups excluding carboxylic acids is 1. The molecule has 0 bridgehead atoms. The third-order valence-corrected chi connectivity index (χ3v) is 3.33. The summed E-state index contributed by atoms with van der Waals surface area (Å²) in [6.07, 6.45) is -3.71. The van der Waals surface area contributed by atoms with Gasteiger partial charge in [0.2, 0.25) is 0 Å². The molecule has 0 aliphatic rings. The number of benzene rings is 1. The first-order chi connectivity index (χ1) is 9.79. The summed E-state index contributed by atoms with van der Waals surface area (Å²) in [5.74, 6) is -0.639. The summed E-state index contributed by atoms with van der Waals surface area (Å²) >= 11 is 11.7. The fourth-order valence-electron chi connectivity index (χ4n) is 1.49. The Morgan fingerprint density at radius 3 is 2.43 bits per heavy atom. The fraction of sp³-hybridized carbons (Fsp3) is 0.0769. The number of anilines is 1. The first-order valence-corrected chi connectivity index (χ1v) is 6.33. The molecule has 1 aromatic carbocycles. The Hall–Kier alpha value is -1.79. The molecule has 1 aromatic heterocycles. The van der Waals surface area contributed by atoms with Gasteiger partial charge in [0.05, 0.1) is 21.3 Å². The normalized spacial score (nSPS) is 11.3. The van der Waals surface area contributed by atoms with Crippen molar-refractivity contribution in [2.24, 2.45) is 0 Å². The zero-order valence-electron chi connectivity index (χ0n) is 10.2. The quantitative estimate of drug-likeness (QED) is 0.867. The first kappa shape index (κ1) is 15.6. The third kappa shape index (κ3) is 3.65. The molecule has 1 heterocycles. The van der Waals surface area contributed by atoms with Crippen LogP contribution in [0.4, 0.5) is 18.9 Å². The zero-order valence-corrected chi connectivity index (χ0v) is 11.7. The molecule has 0 unspecified atom stereocenters. The van der Waals surface area contributed by atoms with E-state index in [1.165, 1.54) is 6.07 Å². The number of aromatic nitrogens is 1. The largest absolute Gasteiger partial charge is 0.433 e. The maximum atomic E-state index is 12.4. The van der Waals surface area contributed by atoms with E-state index in [9.17, 15) is 18.0 Å². The van der Waals surface area contributed by atoms with Gasteiger partial charge in [-0.15, -0.1) is 0 Å². The number of pyridine rings is 1. The Labute approximate surface area is 127 Å². The standard InChI is InChI=1S/C13H7Cl2F3N2O/c14-8-2-1-3-9(11(8)15)20-12(21)7-4-5-10(19-6-7)13(16,17)18/h1-6H,(H,20,21). The second kappa shape index (κ2) is 5.91. The van der Waals surface area contributed by atoms with E-state index in [1.807, 2.05) is 0 Å². The van der Waals surface area contributed by atoms with E-state index in [0.717, 1.165) is 18.3 Å². The van der Waals surface area contributed by atoms with Crippen molar-refractivity contribution in [3.05, 3.63) is 57.8 Å². The Morgan fingerprint density at radius 1 is 1.14 bits per heavy atom. The summed E-state index contributed by atoms with van der Waals surface area (Å²) in [6.45, 7) is 0. The van der Waals surface area contributed by atoms with Gasteiger partial charge in [0.1, 0.15) is 5.69 Å². The highest BCUT2D eigenvalue weighted by molar-refractivity contribution is 6.44. The average molecular weight is 335 g/mol. The molecule has 0 aliphatic carbocycles. The number of nitrogens with one attached hydrogen (secondary N) is 1. The van der Waals surface area contributed by atoms with E-state index in [2.05, 4.69) is 10.3 Å². The van der Waals surface area contributed by atoms with Crippen LogP contribution in [-0.2, 0) is 6.18 Å². The number of hydrogen-bond donors (Lipinski definition) is 1. The molecule has 21 heavy (non-hydrogen) atoms. The molecule has 0 spiro atoms. The number of nitrogens with zero attached hydrogens (tertiary/aromatic N) is 1. The van der Waals surface area contributed by atoms with Crippen LogP contribution in [0, 0.1) is 0 Å². The zero-order chi connectivity index (χ0) is 15.6. The van der Waals surface area contributed by atoms with Gasteiger partial charge in [0.15, 0.2) is 0 Å². The van der Waals surface area contributed by atoms with Crippen molar-refractivity contribution in [1.82, 2.24) is 4.98 Å². The number of rotatable bonds is 2. The lowest BCUT2D eigenvalue weighted by atomic mass is 10.2. The first-order valence-electron chi connectivity index (χ1n) is 5.57. The van der Waals surface area contributed by atoms with E-state index in [-0.39, 0.29) is 21.3 Å². The molecule has 3 nitrogen and oxygen atoms in total. The van der Waals surface area contributed by atoms with Crippen LogP contribution in [0.15, 0.2) is 36.5 Å². The van der Waals surface area contributed by atoms with Gasteiger partial charge >= 0.3 is 6.18 Å².